The fraction of sp³-hybridized carbons (Fsp3) is 0.211. The van der Waals surface area contributed by atoms with Crippen LogP contribution in [0, 0.1) is 17.2 Å². The minimum absolute atomic E-state index is 0.0774. The molecule has 0 radical (unpaired) electrons. The standard InChI is InChI=1S/C19H16N4O2/c1-23-16-9-12(24-2)5-7-14(16)22-19(23)17-18(25-3)13-6-4-11(10-20)8-15(13)21-17/h4-9,13H,1-3H3. The van der Waals surface area contributed by atoms with Gasteiger partial charge in [-0.25, -0.2) is 9.98 Å². The van der Waals surface area contributed by atoms with Gasteiger partial charge in [0, 0.05) is 13.1 Å². The maximum atomic E-state index is 9.11. The van der Waals surface area contributed by atoms with E-state index in [2.05, 4.69) is 6.07 Å². The first-order chi connectivity index (χ1) is 12.2. The molecule has 0 amide bonds. The number of rotatable bonds is 3. The van der Waals surface area contributed by atoms with E-state index in [0.717, 1.165) is 34.1 Å². The Hall–Kier alpha value is -3.33. The van der Waals surface area contributed by atoms with Crippen molar-refractivity contribution in [1.29, 1.82) is 5.26 Å². The Labute approximate surface area is 145 Å². The van der Waals surface area contributed by atoms with Gasteiger partial charge in [-0.05, 0) is 24.3 Å². The number of imidazole rings is 1. The minimum atomic E-state index is -0.0774. The molecule has 1 unspecified atom stereocenters. The average molecular weight is 332 g/mol. The number of hydrogen-bond donors (Lipinski definition) is 0. The molecule has 0 saturated heterocycles. The Morgan fingerprint density at radius 1 is 1.24 bits per heavy atom. The summed E-state index contributed by atoms with van der Waals surface area (Å²) in [7, 11) is 5.22. The van der Waals surface area contributed by atoms with E-state index in [1.165, 1.54) is 0 Å². The molecule has 0 spiro atoms. The van der Waals surface area contributed by atoms with Crippen molar-refractivity contribution < 1.29 is 9.47 Å². The topological polar surface area (TPSA) is 72.4 Å². The van der Waals surface area contributed by atoms with Crippen molar-refractivity contribution in [2.75, 3.05) is 14.2 Å². The predicted molar refractivity (Wildman–Crippen MR) is 95.0 cm³/mol. The number of benzene rings is 1. The predicted octanol–water partition coefficient (Wildman–Crippen LogP) is 2.99. The van der Waals surface area contributed by atoms with Gasteiger partial charge in [0.15, 0.2) is 5.82 Å². The van der Waals surface area contributed by atoms with Crippen LogP contribution in [0.4, 0.5) is 0 Å². The van der Waals surface area contributed by atoms with Crippen molar-refractivity contribution in [3.63, 3.8) is 0 Å². The van der Waals surface area contributed by atoms with Gasteiger partial charge in [0.05, 0.1) is 48.5 Å². The van der Waals surface area contributed by atoms with Crippen molar-refractivity contribution >= 4 is 22.4 Å². The summed E-state index contributed by atoms with van der Waals surface area (Å²) in [6.07, 6.45) is 5.53. The third-order valence-electron chi connectivity index (χ3n) is 4.50. The largest absolute Gasteiger partial charge is 0.498 e. The molecule has 25 heavy (non-hydrogen) atoms. The SMILES string of the molecule is COC1=C(c2nc3ccc(OC)cc3n2C)N=C2C=C(C#N)C=CC21. The lowest BCUT2D eigenvalue weighted by Gasteiger charge is -2.13. The number of aliphatic imine (C=N–C) groups is 1. The highest BCUT2D eigenvalue weighted by Crippen LogP contribution is 2.37. The van der Waals surface area contributed by atoms with Crippen LogP contribution in [-0.2, 0) is 11.8 Å². The highest BCUT2D eigenvalue weighted by Gasteiger charge is 2.32. The quantitative estimate of drug-likeness (QED) is 0.866. The zero-order valence-corrected chi connectivity index (χ0v) is 14.1. The van der Waals surface area contributed by atoms with Crippen molar-refractivity contribution in [3.05, 3.63) is 53.6 Å². The van der Waals surface area contributed by atoms with Crippen LogP contribution in [0.3, 0.4) is 0 Å². The van der Waals surface area contributed by atoms with Gasteiger partial charge >= 0.3 is 0 Å². The van der Waals surface area contributed by atoms with E-state index in [1.807, 2.05) is 35.9 Å². The van der Waals surface area contributed by atoms with Gasteiger partial charge in [-0.3, -0.25) is 0 Å². The number of fused-ring (bicyclic) bond motifs is 2. The molecule has 0 fully saturated rings. The first kappa shape index (κ1) is 15.2. The van der Waals surface area contributed by atoms with Crippen molar-refractivity contribution in [2.24, 2.45) is 18.0 Å². The first-order valence-corrected chi connectivity index (χ1v) is 7.84. The average Bonchev–Trinajstić information content (AvgIpc) is 3.17. The van der Waals surface area contributed by atoms with Crippen LogP contribution in [0.1, 0.15) is 5.82 Å². The highest BCUT2D eigenvalue weighted by molar-refractivity contribution is 6.09. The third kappa shape index (κ3) is 2.24. The van der Waals surface area contributed by atoms with Gasteiger partial charge in [0.1, 0.15) is 17.2 Å². The number of allylic oxidation sites excluding steroid dienone is 4. The van der Waals surface area contributed by atoms with Crippen LogP contribution in [0.2, 0.25) is 0 Å². The summed E-state index contributed by atoms with van der Waals surface area (Å²) >= 11 is 0. The number of ether oxygens (including phenoxy) is 2. The molecule has 1 aromatic carbocycles. The Balaban J connectivity index is 1.89. The van der Waals surface area contributed by atoms with Gasteiger partial charge in [-0.2, -0.15) is 5.26 Å². The lowest BCUT2D eigenvalue weighted by molar-refractivity contribution is 0.277. The molecular formula is C19H16N4O2. The number of hydrogen-bond acceptors (Lipinski definition) is 5. The van der Waals surface area contributed by atoms with Gasteiger partial charge in [-0.1, -0.05) is 6.08 Å². The summed E-state index contributed by atoms with van der Waals surface area (Å²) in [4.78, 5) is 9.42. The molecule has 6 nitrogen and oxygen atoms in total. The molecular weight excluding hydrogens is 316 g/mol. The van der Waals surface area contributed by atoms with Gasteiger partial charge in [0.2, 0.25) is 0 Å². The van der Waals surface area contributed by atoms with E-state index in [1.54, 1.807) is 26.4 Å². The molecule has 1 aliphatic heterocycles. The molecule has 1 aromatic heterocycles. The van der Waals surface area contributed by atoms with E-state index < -0.39 is 0 Å². The lowest BCUT2D eigenvalue weighted by Crippen LogP contribution is -2.13. The monoisotopic (exact) mass is 332 g/mol. The molecule has 0 bridgehead atoms. The molecule has 2 aliphatic rings. The molecule has 1 atom stereocenters. The molecule has 0 saturated carbocycles. The van der Waals surface area contributed by atoms with Crippen LogP contribution >= 0.6 is 0 Å². The summed E-state index contributed by atoms with van der Waals surface area (Å²) in [6.45, 7) is 0. The van der Waals surface area contributed by atoms with Crippen molar-refractivity contribution in [2.45, 2.75) is 0 Å². The first-order valence-electron chi connectivity index (χ1n) is 7.84. The van der Waals surface area contributed by atoms with E-state index in [0.29, 0.717) is 11.3 Å². The van der Waals surface area contributed by atoms with Gasteiger partial charge < -0.3 is 14.0 Å². The Kier molecular flexibility index (Phi) is 3.43. The van der Waals surface area contributed by atoms with Crippen LogP contribution in [0.5, 0.6) is 5.75 Å². The van der Waals surface area contributed by atoms with Crippen molar-refractivity contribution in [3.8, 4) is 11.8 Å². The Morgan fingerprint density at radius 3 is 2.80 bits per heavy atom. The fourth-order valence-electron chi connectivity index (χ4n) is 3.21. The Morgan fingerprint density at radius 2 is 2.08 bits per heavy atom. The maximum absolute atomic E-state index is 9.11. The van der Waals surface area contributed by atoms with E-state index in [-0.39, 0.29) is 5.92 Å². The fourth-order valence-corrected chi connectivity index (χ4v) is 3.21. The summed E-state index contributed by atoms with van der Waals surface area (Å²) in [5, 5.41) is 9.11. The smallest absolute Gasteiger partial charge is 0.163 e. The normalized spacial score (nSPS) is 18.7. The number of nitriles is 1. The van der Waals surface area contributed by atoms with Crippen LogP contribution in [-0.4, -0.2) is 29.5 Å². The maximum Gasteiger partial charge on any atom is 0.163 e. The van der Waals surface area contributed by atoms with Crippen LogP contribution in [0.25, 0.3) is 16.7 Å². The minimum Gasteiger partial charge on any atom is -0.498 e. The zero-order chi connectivity index (χ0) is 17.6. The number of nitrogens with zero attached hydrogens (tertiary/aromatic N) is 4. The number of methoxy groups -OCH3 is 2. The van der Waals surface area contributed by atoms with E-state index in [4.69, 9.17) is 24.7 Å². The molecule has 1 aliphatic carbocycles. The molecule has 2 aromatic rings. The summed E-state index contributed by atoms with van der Waals surface area (Å²) in [5.41, 5.74) is 3.90. The second-order valence-electron chi connectivity index (χ2n) is 5.85. The molecule has 4 rings (SSSR count). The van der Waals surface area contributed by atoms with E-state index >= 15 is 0 Å². The van der Waals surface area contributed by atoms with Crippen LogP contribution < -0.4 is 4.74 Å². The third-order valence-corrected chi connectivity index (χ3v) is 4.50. The molecule has 6 heteroatoms. The van der Waals surface area contributed by atoms with Gasteiger partial charge in [-0.15, -0.1) is 0 Å². The summed E-state index contributed by atoms with van der Waals surface area (Å²) in [6, 6.07) is 7.90. The zero-order valence-electron chi connectivity index (χ0n) is 14.1. The molecule has 124 valence electrons. The summed E-state index contributed by atoms with van der Waals surface area (Å²) in [5.74, 6) is 2.16. The second-order valence-corrected chi connectivity index (χ2v) is 5.85. The van der Waals surface area contributed by atoms with E-state index in [9.17, 15) is 0 Å². The number of aromatic nitrogens is 2. The number of aryl methyl sites for hydroxylation is 1. The molecule has 2 heterocycles. The Bertz CT molecular complexity index is 1050. The van der Waals surface area contributed by atoms with Crippen molar-refractivity contribution in [1.82, 2.24) is 9.55 Å². The van der Waals surface area contributed by atoms with Crippen LogP contribution in [0.15, 0.2) is 52.8 Å². The second kappa shape index (κ2) is 5.64. The highest BCUT2D eigenvalue weighted by atomic mass is 16.5. The summed E-state index contributed by atoms with van der Waals surface area (Å²) < 4.78 is 12.9. The van der Waals surface area contributed by atoms with Gasteiger partial charge in [0.25, 0.3) is 0 Å². The lowest BCUT2D eigenvalue weighted by atomic mass is 9.94. The molecule has 0 N–H and O–H groups in total.